The molecule has 2 N–H and O–H groups in total. The lowest BCUT2D eigenvalue weighted by molar-refractivity contribution is -0.114. The minimum atomic E-state index is -3.81. The zero-order valence-electron chi connectivity index (χ0n) is 17.8. The van der Waals surface area contributed by atoms with Crippen molar-refractivity contribution in [3.8, 4) is 11.5 Å². The zero-order valence-corrected chi connectivity index (χ0v) is 18.6. The van der Waals surface area contributed by atoms with Gasteiger partial charge in [0.2, 0.25) is 10.0 Å². The maximum atomic E-state index is 13.0. The summed E-state index contributed by atoms with van der Waals surface area (Å²) in [6.45, 7) is 7.98. The van der Waals surface area contributed by atoms with Crippen LogP contribution in [0.1, 0.15) is 33.3 Å². The maximum Gasteiger partial charge on any atom is 0.280 e. The third kappa shape index (κ3) is 5.12. The second kappa shape index (κ2) is 8.91. The highest BCUT2D eigenvalue weighted by Gasteiger charge is 2.29. The molecular weight excluding hydrogens is 418 g/mol. The van der Waals surface area contributed by atoms with E-state index in [1.54, 1.807) is 13.0 Å². The molecule has 1 heterocycles. The molecule has 164 valence electrons. The Balaban J connectivity index is 1.90. The molecule has 1 aliphatic rings. The number of rotatable bonds is 7. The summed E-state index contributed by atoms with van der Waals surface area (Å²) >= 11 is 0. The number of nitrogens with two attached hydrogens (primary N) is 1. The van der Waals surface area contributed by atoms with Crippen LogP contribution in [0, 0.1) is 0 Å². The Labute approximate surface area is 182 Å². The summed E-state index contributed by atoms with van der Waals surface area (Å²) in [7, 11) is -3.81. The number of ether oxygens (including phenoxy) is 2. The average molecular weight is 444 g/mol. The highest BCUT2D eigenvalue weighted by Crippen LogP contribution is 2.31. The summed E-state index contributed by atoms with van der Waals surface area (Å²) in [5, 5.41) is 10.7. The number of carbonyl (C=O) groups is 1. The van der Waals surface area contributed by atoms with E-state index in [9.17, 15) is 13.2 Å². The third-order valence-corrected chi connectivity index (χ3v) is 5.34. The van der Waals surface area contributed by atoms with Gasteiger partial charge in [0.25, 0.3) is 5.91 Å². The Kier molecular flexibility index (Phi) is 6.47. The van der Waals surface area contributed by atoms with Crippen LogP contribution in [-0.4, -0.2) is 32.7 Å². The van der Waals surface area contributed by atoms with Crippen LogP contribution in [0.4, 0.5) is 5.69 Å². The summed E-state index contributed by atoms with van der Waals surface area (Å²) in [4.78, 5) is 12.9. The van der Waals surface area contributed by atoms with E-state index in [-0.39, 0.29) is 16.9 Å². The molecule has 0 spiro atoms. The van der Waals surface area contributed by atoms with Gasteiger partial charge in [-0.1, -0.05) is 6.07 Å². The van der Waals surface area contributed by atoms with E-state index >= 15 is 0 Å². The van der Waals surface area contributed by atoms with Gasteiger partial charge in [-0.05, 0) is 75.7 Å². The molecule has 1 aliphatic heterocycles. The molecule has 0 fully saturated rings. The van der Waals surface area contributed by atoms with Gasteiger partial charge in [-0.2, -0.15) is 10.1 Å². The molecule has 0 unspecified atom stereocenters. The molecule has 31 heavy (non-hydrogen) atoms. The summed E-state index contributed by atoms with van der Waals surface area (Å²) in [6, 6.07) is 11.1. The molecule has 0 radical (unpaired) electrons. The van der Waals surface area contributed by atoms with Gasteiger partial charge in [0.1, 0.15) is 0 Å². The number of benzene rings is 2. The lowest BCUT2D eigenvalue weighted by atomic mass is 10.1. The Morgan fingerprint density at radius 3 is 2.39 bits per heavy atom. The van der Waals surface area contributed by atoms with E-state index in [0.717, 1.165) is 5.56 Å². The largest absolute Gasteiger partial charge is 0.490 e. The molecule has 3 rings (SSSR count). The van der Waals surface area contributed by atoms with Crippen LogP contribution in [0.15, 0.2) is 58.0 Å². The van der Waals surface area contributed by atoms with Crippen molar-refractivity contribution in [2.45, 2.75) is 38.7 Å². The number of carbonyl (C=O) groups excluding carboxylic acids is 1. The lowest BCUT2D eigenvalue weighted by Gasteiger charge is -2.15. The summed E-state index contributed by atoms with van der Waals surface area (Å²) in [6.07, 6.45) is 1.74. The van der Waals surface area contributed by atoms with Crippen molar-refractivity contribution in [1.29, 1.82) is 0 Å². The molecule has 8 nitrogen and oxygen atoms in total. The number of hydrogen-bond donors (Lipinski definition) is 1. The van der Waals surface area contributed by atoms with Crippen molar-refractivity contribution >= 4 is 33.4 Å². The van der Waals surface area contributed by atoms with Crippen molar-refractivity contribution in [3.63, 3.8) is 0 Å². The van der Waals surface area contributed by atoms with Crippen molar-refractivity contribution in [3.05, 3.63) is 53.6 Å². The van der Waals surface area contributed by atoms with Crippen LogP contribution in [-0.2, 0) is 14.8 Å². The van der Waals surface area contributed by atoms with E-state index in [4.69, 9.17) is 14.6 Å². The van der Waals surface area contributed by atoms with Crippen molar-refractivity contribution in [2.75, 3.05) is 11.6 Å². The standard InChI is InChI=1S/C22H25N3O5S/c1-5-29-21-13-16(6-11-20(21)30-14(2)3)12-19-15(4)24-25(22(19)26)17-7-9-18(10-8-17)31(23,27)28/h6-14H,5H2,1-4H3,(H2,23,27,28)/b19-12-. The van der Waals surface area contributed by atoms with Gasteiger partial charge in [0.05, 0.1) is 34.6 Å². The highest BCUT2D eigenvalue weighted by atomic mass is 32.2. The predicted molar refractivity (Wildman–Crippen MR) is 120 cm³/mol. The lowest BCUT2D eigenvalue weighted by Crippen LogP contribution is -2.21. The van der Waals surface area contributed by atoms with E-state index < -0.39 is 10.0 Å². The van der Waals surface area contributed by atoms with Crippen LogP contribution in [0.25, 0.3) is 6.08 Å². The molecule has 0 atom stereocenters. The normalized spacial score (nSPS) is 15.5. The molecule has 2 aromatic carbocycles. The minimum Gasteiger partial charge on any atom is -0.490 e. The number of sulfonamides is 1. The number of anilines is 1. The molecule has 2 aromatic rings. The van der Waals surface area contributed by atoms with E-state index in [1.165, 1.54) is 29.3 Å². The second-order valence-electron chi connectivity index (χ2n) is 7.21. The van der Waals surface area contributed by atoms with Gasteiger partial charge < -0.3 is 9.47 Å². The van der Waals surface area contributed by atoms with E-state index in [0.29, 0.717) is 35.1 Å². The van der Waals surface area contributed by atoms with Gasteiger partial charge >= 0.3 is 0 Å². The maximum absolute atomic E-state index is 13.0. The summed E-state index contributed by atoms with van der Waals surface area (Å²) in [5.41, 5.74) is 2.18. The quantitative estimate of drug-likeness (QED) is 0.660. The van der Waals surface area contributed by atoms with Crippen LogP contribution >= 0.6 is 0 Å². The first-order valence-electron chi connectivity index (χ1n) is 9.78. The SMILES string of the molecule is CCOc1cc(/C=C2\C(=O)N(c3ccc(S(N)(=O)=O)cc3)N=C2C)ccc1OC(C)C. The van der Waals surface area contributed by atoms with Gasteiger partial charge in [-0.25, -0.2) is 13.6 Å². The predicted octanol–water partition coefficient (Wildman–Crippen LogP) is 3.33. The van der Waals surface area contributed by atoms with Crippen molar-refractivity contribution in [1.82, 2.24) is 0 Å². The Hall–Kier alpha value is -3.17. The fourth-order valence-electron chi connectivity index (χ4n) is 3.04. The molecule has 1 amide bonds. The fraction of sp³-hybridized carbons (Fsp3) is 0.273. The Morgan fingerprint density at radius 1 is 1.13 bits per heavy atom. The first kappa shape index (κ1) is 22.5. The Morgan fingerprint density at radius 2 is 1.81 bits per heavy atom. The number of amides is 1. The van der Waals surface area contributed by atoms with Gasteiger partial charge in [0, 0.05) is 0 Å². The van der Waals surface area contributed by atoms with Crippen LogP contribution in [0.5, 0.6) is 11.5 Å². The third-order valence-electron chi connectivity index (χ3n) is 4.41. The van der Waals surface area contributed by atoms with Gasteiger partial charge in [0.15, 0.2) is 11.5 Å². The molecule has 0 saturated carbocycles. The summed E-state index contributed by atoms with van der Waals surface area (Å²) < 4.78 is 34.3. The van der Waals surface area contributed by atoms with Crippen LogP contribution < -0.4 is 19.6 Å². The summed E-state index contributed by atoms with van der Waals surface area (Å²) in [5.74, 6) is 0.918. The first-order valence-corrected chi connectivity index (χ1v) is 11.3. The van der Waals surface area contributed by atoms with Crippen LogP contribution in [0.3, 0.4) is 0 Å². The molecule has 0 aromatic heterocycles. The monoisotopic (exact) mass is 443 g/mol. The van der Waals surface area contributed by atoms with Gasteiger partial charge in [-0.3, -0.25) is 4.79 Å². The zero-order chi connectivity index (χ0) is 22.8. The molecular formula is C22H25N3O5S. The van der Waals surface area contributed by atoms with Gasteiger partial charge in [-0.15, -0.1) is 0 Å². The number of nitrogens with zero attached hydrogens (tertiary/aromatic N) is 2. The van der Waals surface area contributed by atoms with E-state index in [2.05, 4.69) is 5.10 Å². The molecule has 0 saturated heterocycles. The number of hydrazone groups is 1. The fourth-order valence-corrected chi connectivity index (χ4v) is 3.55. The molecule has 9 heteroatoms. The van der Waals surface area contributed by atoms with Crippen molar-refractivity contribution in [2.24, 2.45) is 10.2 Å². The highest BCUT2D eigenvalue weighted by molar-refractivity contribution is 7.89. The van der Waals surface area contributed by atoms with Crippen LogP contribution in [0.2, 0.25) is 0 Å². The number of primary sulfonamides is 1. The Bertz CT molecular complexity index is 1150. The topological polar surface area (TPSA) is 111 Å². The molecule has 0 bridgehead atoms. The minimum absolute atomic E-state index is 0.00315. The molecule has 0 aliphatic carbocycles. The number of hydrogen-bond acceptors (Lipinski definition) is 6. The second-order valence-corrected chi connectivity index (χ2v) is 8.77. The smallest absolute Gasteiger partial charge is 0.280 e. The first-order chi connectivity index (χ1) is 14.6. The van der Waals surface area contributed by atoms with Crippen molar-refractivity contribution < 1.29 is 22.7 Å². The van der Waals surface area contributed by atoms with E-state index in [1.807, 2.05) is 39.0 Å². The average Bonchev–Trinajstić information content (AvgIpc) is 2.97.